The molecule has 1 aliphatic rings. The molecule has 0 saturated heterocycles. The van der Waals surface area contributed by atoms with Crippen molar-refractivity contribution in [3.05, 3.63) is 23.8 Å². The predicted molar refractivity (Wildman–Crippen MR) is 116 cm³/mol. The van der Waals surface area contributed by atoms with Gasteiger partial charge in [-0.05, 0) is 31.9 Å². The molecule has 0 heterocycles. The van der Waals surface area contributed by atoms with Crippen molar-refractivity contribution in [3.8, 4) is 11.5 Å². The van der Waals surface area contributed by atoms with E-state index < -0.39 is 0 Å². The van der Waals surface area contributed by atoms with Crippen molar-refractivity contribution in [2.75, 3.05) is 34.4 Å². The van der Waals surface area contributed by atoms with Crippen molar-refractivity contribution in [1.29, 1.82) is 0 Å². The summed E-state index contributed by atoms with van der Waals surface area (Å²) in [6.45, 7) is 4.19. The first-order chi connectivity index (χ1) is 12.1. The molecule has 0 radical (unpaired) electrons. The molecule has 1 aromatic rings. The molecular formula is C19H32IN3O3. The second kappa shape index (κ2) is 11.5. The molecule has 7 heteroatoms. The van der Waals surface area contributed by atoms with E-state index in [1.54, 1.807) is 14.2 Å². The van der Waals surface area contributed by atoms with Crippen LogP contribution in [0.25, 0.3) is 0 Å². The Morgan fingerprint density at radius 2 is 2.08 bits per heavy atom. The minimum absolute atomic E-state index is 0. The van der Waals surface area contributed by atoms with Crippen molar-refractivity contribution in [2.24, 2.45) is 10.9 Å². The Balaban J connectivity index is 0.00000338. The van der Waals surface area contributed by atoms with Crippen LogP contribution in [0.1, 0.15) is 31.7 Å². The molecule has 2 N–H and O–H groups in total. The zero-order valence-electron chi connectivity index (χ0n) is 16.2. The highest BCUT2D eigenvalue weighted by molar-refractivity contribution is 14.0. The minimum atomic E-state index is -0.210. The first kappa shape index (κ1) is 22.8. The lowest BCUT2D eigenvalue weighted by atomic mass is 10.1. The first-order valence-electron chi connectivity index (χ1n) is 8.97. The van der Waals surface area contributed by atoms with E-state index in [4.69, 9.17) is 14.5 Å². The third-order valence-corrected chi connectivity index (χ3v) is 4.69. The fraction of sp³-hybridized carbons (Fsp3) is 0.632. The highest BCUT2D eigenvalue weighted by Crippen LogP contribution is 2.27. The van der Waals surface area contributed by atoms with Gasteiger partial charge in [-0.2, -0.15) is 0 Å². The number of guanidine groups is 1. The van der Waals surface area contributed by atoms with E-state index in [1.807, 2.05) is 25.2 Å². The predicted octanol–water partition coefficient (Wildman–Crippen LogP) is 2.88. The Morgan fingerprint density at radius 1 is 1.31 bits per heavy atom. The van der Waals surface area contributed by atoms with Gasteiger partial charge in [0.25, 0.3) is 0 Å². The third-order valence-electron chi connectivity index (χ3n) is 4.69. The molecular weight excluding hydrogens is 445 g/mol. The molecule has 1 aromatic carbocycles. The largest absolute Gasteiger partial charge is 0.497 e. The van der Waals surface area contributed by atoms with Gasteiger partial charge in [-0.3, -0.25) is 4.99 Å². The number of benzene rings is 1. The van der Waals surface area contributed by atoms with Gasteiger partial charge in [0, 0.05) is 44.2 Å². The van der Waals surface area contributed by atoms with Crippen LogP contribution in [0.5, 0.6) is 11.5 Å². The molecule has 2 atom stereocenters. The quantitative estimate of drug-likeness (QED) is 0.359. The van der Waals surface area contributed by atoms with E-state index in [0.29, 0.717) is 13.1 Å². The molecule has 26 heavy (non-hydrogen) atoms. The number of aliphatic hydroxyl groups is 1. The number of ether oxygens (including phenoxy) is 2. The van der Waals surface area contributed by atoms with Crippen LogP contribution in [0.15, 0.2) is 23.2 Å². The van der Waals surface area contributed by atoms with Gasteiger partial charge in [0.15, 0.2) is 5.96 Å². The third kappa shape index (κ3) is 6.19. The van der Waals surface area contributed by atoms with Gasteiger partial charge in [-0.1, -0.05) is 6.42 Å². The number of aliphatic hydroxyl groups excluding tert-OH is 1. The molecule has 1 saturated carbocycles. The van der Waals surface area contributed by atoms with Gasteiger partial charge in [0.05, 0.1) is 20.3 Å². The van der Waals surface area contributed by atoms with Gasteiger partial charge < -0.3 is 24.8 Å². The van der Waals surface area contributed by atoms with Crippen LogP contribution in [0.4, 0.5) is 0 Å². The number of hydrogen-bond acceptors (Lipinski definition) is 4. The van der Waals surface area contributed by atoms with Crippen molar-refractivity contribution >= 4 is 29.9 Å². The number of methoxy groups -OCH3 is 2. The van der Waals surface area contributed by atoms with E-state index in [9.17, 15) is 5.11 Å². The summed E-state index contributed by atoms with van der Waals surface area (Å²) in [7, 11) is 5.32. The molecule has 1 fully saturated rings. The normalized spacial score (nSPS) is 19.7. The van der Waals surface area contributed by atoms with Crippen LogP contribution in [-0.2, 0) is 6.54 Å². The number of hydrogen-bond donors (Lipinski definition) is 2. The maximum absolute atomic E-state index is 9.99. The van der Waals surface area contributed by atoms with Gasteiger partial charge >= 0.3 is 0 Å². The maximum Gasteiger partial charge on any atom is 0.193 e. The number of aliphatic imine (C=N–C) groups is 1. The summed E-state index contributed by atoms with van der Waals surface area (Å²) in [5.74, 6) is 2.70. The van der Waals surface area contributed by atoms with Crippen LogP contribution in [0, 0.1) is 5.92 Å². The summed E-state index contributed by atoms with van der Waals surface area (Å²) in [6, 6.07) is 5.84. The zero-order chi connectivity index (χ0) is 18.2. The van der Waals surface area contributed by atoms with E-state index in [0.717, 1.165) is 48.8 Å². The molecule has 6 nitrogen and oxygen atoms in total. The maximum atomic E-state index is 9.99. The lowest BCUT2D eigenvalue weighted by Gasteiger charge is -2.24. The average Bonchev–Trinajstić information content (AvgIpc) is 3.03. The van der Waals surface area contributed by atoms with Crippen molar-refractivity contribution in [2.45, 2.75) is 38.8 Å². The Bertz CT molecular complexity index is 583. The average molecular weight is 477 g/mol. The van der Waals surface area contributed by atoms with Crippen LogP contribution < -0.4 is 14.8 Å². The van der Waals surface area contributed by atoms with Crippen molar-refractivity contribution < 1.29 is 14.6 Å². The minimum Gasteiger partial charge on any atom is -0.497 e. The Kier molecular flexibility index (Phi) is 10.1. The summed E-state index contributed by atoms with van der Waals surface area (Å²) < 4.78 is 10.7. The van der Waals surface area contributed by atoms with Crippen LogP contribution in [0.3, 0.4) is 0 Å². The topological polar surface area (TPSA) is 66.3 Å². The van der Waals surface area contributed by atoms with Crippen LogP contribution in [0.2, 0.25) is 0 Å². The number of rotatable bonds is 7. The second-order valence-corrected chi connectivity index (χ2v) is 6.49. The smallest absolute Gasteiger partial charge is 0.193 e. The van der Waals surface area contributed by atoms with Crippen LogP contribution >= 0.6 is 24.0 Å². The molecule has 0 aliphatic heterocycles. The Hall–Kier alpha value is -1.22. The summed E-state index contributed by atoms with van der Waals surface area (Å²) >= 11 is 0. The molecule has 0 bridgehead atoms. The molecule has 0 aromatic heterocycles. The lowest BCUT2D eigenvalue weighted by molar-refractivity contribution is 0.136. The monoisotopic (exact) mass is 477 g/mol. The highest BCUT2D eigenvalue weighted by atomic mass is 127. The molecule has 0 amide bonds. The first-order valence-corrected chi connectivity index (χ1v) is 8.97. The van der Waals surface area contributed by atoms with Crippen molar-refractivity contribution in [3.63, 3.8) is 0 Å². The zero-order valence-corrected chi connectivity index (χ0v) is 18.5. The Labute approximate surface area is 174 Å². The van der Waals surface area contributed by atoms with E-state index in [-0.39, 0.29) is 36.0 Å². The fourth-order valence-corrected chi connectivity index (χ4v) is 3.22. The number of nitrogens with one attached hydrogen (secondary N) is 1. The van der Waals surface area contributed by atoms with Gasteiger partial charge in [0.1, 0.15) is 11.5 Å². The SMILES string of the molecule is CCNC(=NCC1CCCC1O)N(C)Cc1ccc(OC)cc1OC.I. The Morgan fingerprint density at radius 3 is 2.65 bits per heavy atom. The standard InChI is InChI=1S/C19H31N3O3.HI/c1-5-20-19(21-12-14-7-6-8-17(14)23)22(2)13-15-9-10-16(24-3)11-18(15)25-4;/h9-11,14,17,23H,5-8,12-13H2,1-4H3,(H,20,21);1H. The second-order valence-electron chi connectivity index (χ2n) is 6.49. The van der Waals surface area contributed by atoms with Gasteiger partial charge in [0.2, 0.25) is 0 Å². The summed E-state index contributed by atoms with van der Waals surface area (Å²) in [4.78, 5) is 6.82. The highest BCUT2D eigenvalue weighted by Gasteiger charge is 2.25. The molecule has 2 rings (SSSR count). The van der Waals surface area contributed by atoms with E-state index in [2.05, 4.69) is 17.1 Å². The summed E-state index contributed by atoms with van der Waals surface area (Å²) in [6.07, 6.45) is 2.84. The molecule has 2 unspecified atom stereocenters. The van der Waals surface area contributed by atoms with Crippen molar-refractivity contribution in [1.82, 2.24) is 10.2 Å². The lowest BCUT2D eigenvalue weighted by Crippen LogP contribution is -2.39. The van der Waals surface area contributed by atoms with E-state index in [1.165, 1.54) is 0 Å². The summed E-state index contributed by atoms with van der Waals surface area (Å²) in [5.41, 5.74) is 1.07. The molecule has 148 valence electrons. The molecule has 0 spiro atoms. The van der Waals surface area contributed by atoms with Gasteiger partial charge in [-0.15, -0.1) is 24.0 Å². The fourth-order valence-electron chi connectivity index (χ4n) is 3.22. The van der Waals surface area contributed by atoms with Crippen LogP contribution in [-0.4, -0.2) is 56.4 Å². The number of halogens is 1. The number of nitrogens with zero attached hydrogens (tertiary/aromatic N) is 2. The van der Waals surface area contributed by atoms with Gasteiger partial charge in [-0.25, -0.2) is 0 Å². The molecule has 1 aliphatic carbocycles. The van der Waals surface area contributed by atoms with E-state index >= 15 is 0 Å². The summed E-state index contributed by atoms with van der Waals surface area (Å²) in [5, 5.41) is 13.3.